The second-order valence-corrected chi connectivity index (χ2v) is 6.35. The molecule has 0 unspecified atom stereocenters. The van der Waals surface area contributed by atoms with Crippen LogP contribution in [0.5, 0.6) is 0 Å². The third kappa shape index (κ3) is 4.57. The summed E-state index contributed by atoms with van der Waals surface area (Å²) in [5, 5.41) is 3.13. The van der Waals surface area contributed by atoms with Crippen LogP contribution in [0.25, 0.3) is 0 Å². The molecule has 2 rings (SSSR count). The van der Waals surface area contributed by atoms with E-state index in [0.29, 0.717) is 22.3 Å². The molecule has 0 radical (unpaired) electrons. The van der Waals surface area contributed by atoms with E-state index in [0.717, 1.165) is 16.2 Å². The van der Waals surface area contributed by atoms with E-state index in [2.05, 4.69) is 10.3 Å². The predicted octanol–water partition coefficient (Wildman–Crippen LogP) is 3.36. The molecule has 5 nitrogen and oxygen atoms in total. The minimum Gasteiger partial charge on any atom is -0.462 e. The fourth-order valence-electron chi connectivity index (χ4n) is 1.66. The molecule has 1 N–H and O–H groups in total. The maximum absolute atomic E-state index is 11.9. The number of aryl methyl sites for hydroxylation is 1. The van der Waals surface area contributed by atoms with E-state index in [1.807, 2.05) is 30.3 Å². The number of benzene rings is 1. The molecule has 0 aliphatic carbocycles. The number of ether oxygens (including phenoxy) is 1. The van der Waals surface area contributed by atoms with Gasteiger partial charge in [0.2, 0.25) is 5.91 Å². The van der Waals surface area contributed by atoms with Crippen LogP contribution in [0.4, 0.5) is 5.13 Å². The van der Waals surface area contributed by atoms with E-state index in [-0.39, 0.29) is 11.7 Å². The lowest BCUT2D eigenvalue weighted by Crippen LogP contribution is -2.13. The molecular formula is C15H16N2O3S2. The minimum atomic E-state index is -0.406. The highest BCUT2D eigenvalue weighted by Gasteiger charge is 2.17. The Morgan fingerprint density at radius 3 is 2.73 bits per heavy atom. The number of thioether (sulfide) groups is 1. The van der Waals surface area contributed by atoms with E-state index in [1.165, 1.54) is 11.8 Å². The molecular weight excluding hydrogens is 320 g/mol. The molecule has 7 heteroatoms. The number of rotatable bonds is 6. The van der Waals surface area contributed by atoms with Crippen molar-refractivity contribution in [2.24, 2.45) is 0 Å². The number of esters is 1. The molecule has 22 heavy (non-hydrogen) atoms. The smallest absolute Gasteiger partial charge is 0.350 e. The monoisotopic (exact) mass is 336 g/mol. The molecule has 0 spiro atoms. The highest BCUT2D eigenvalue weighted by atomic mass is 32.2. The lowest BCUT2D eigenvalue weighted by molar-refractivity contribution is -0.113. The zero-order chi connectivity index (χ0) is 15.9. The molecule has 1 aromatic carbocycles. The van der Waals surface area contributed by atoms with Gasteiger partial charge in [-0.1, -0.05) is 29.5 Å². The Kier molecular flexibility index (Phi) is 5.97. The van der Waals surface area contributed by atoms with Gasteiger partial charge in [-0.25, -0.2) is 9.78 Å². The maximum atomic E-state index is 11.9. The molecule has 116 valence electrons. The average molecular weight is 336 g/mol. The second-order valence-electron chi connectivity index (χ2n) is 4.30. The summed E-state index contributed by atoms with van der Waals surface area (Å²) in [6.45, 7) is 3.78. The zero-order valence-corrected chi connectivity index (χ0v) is 13.9. The number of carbonyl (C=O) groups excluding carboxylic acids is 2. The van der Waals surface area contributed by atoms with Gasteiger partial charge in [0.25, 0.3) is 0 Å². The summed E-state index contributed by atoms with van der Waals surface area (Å²) < 4.78 is 4.95. The molecule has 0 aliphatic rings. The Balaban J connectivity index is 1.92. The zero-order valence-electron chi connectivity index (χ0n) is 12.3. The molecule has 0 bridgehead atoms. The number of amides is 1. The Morgan fingerprint density at radius 2 is 2.05 bits per heavy atom. The Labute approximate surface area is 137 Å². The van der Waals surface area contributed by atoms with E-state index in [9.17, 15) is 9.59 Å². The van der Waals surface area contributed by atoms with Crippen LogP contribution in [0.15, 0.2) is 35.2 Å². The minimum absolute atomic E-state index is 0.155. The highest BCUT2D eigenvalue weighted by Crippen LogP contribution is 2.24. The van der Waals surface area contributed by atoms with Gasteiger partial charge in [0.15, 0.2) is 5.13 Å². The van der Waals surface area contributed by atoms with E-state index < -0.39 is 5.97 Å². The summed E-state index contributed by atoms with van der Waals surface area (Å²) in [5.74, 6) is -0.271. The van der Waals surface area contributed by atoms with Crippen molar-refractivity contribution in [3.63, 3.8) is 0 Å². The first kappa shape index (κ1) is 16.5. The van der Waals surface area contributed by atoms with Gasteiger partial charge in [-0.2, -0.15) is 0 Å². The van der Waals surface area contributed by atoms with Crippen LogP contribution in [0.2, 0.25) is 0 Å². The molecule has 0 saturated heterocycles. The van der Waals surface area contributed by atoms with Crippen molar-refractivity contribution < 1.29 is 14.3 Å². The topological polar surface area (TPSA) is 68.3 Å². The van der Waals surface area contributed by atoms with Crippen molar-refractivity contribution >= 4 is 40.1 Å². The lowest BCUT2D eigenvalue weighted by atomic mass is 10.4. The first-order chi connectivity index (χ1) is 10.6. The molecule has 2 aromatic rings. The first-order valence-electron chi connectivity index (χ1n) is 6.72. The van der Waals surface area contributed by atoms with Crippen molar-refractivity contribution in [2.45, 2.75) is 18.7 Å². The highest BCUT2D eigenvalue weighted by molar-refractivity contribution is 8.00. The van der Waals surface area contributed by atoms with Crippen LogP contribution >= 0.6 is 23.1 Å². The average Bonchev–Trinajstić information content (AvgIpc) is 2.87. The number of carbonyl (C=O) groups is 2. The number of hydrogen-bond acceptors (Lipinski definition) is 6. The number of nitrogens with one attached hydrogen (secondary N) is 1. The fraction of sp³-hybridized carbons (Fsp3) is 0.267. The standard InChI is InChI=1S/C15H16N2O3S2/c1-3-20-14(19)13-10(2)16-15(22-13)17-12(18)9-21-11-7-5-4-6-8-11/h4-8H,3,9H2,1-2H3,(H,16,17,18). The van der Waals surface area contributed by atoms with Crippen LogP contribution in [0, 0.1) is 6.92 Å². The molecule has 0 atom stereocenters. The summed E-state index contributed by atoms with van der Waals surface area (Å²) in [4.78, 5) is 29.3. The predicted molar refractivity (Wildman–Crippen MR) is 88.6 cm³/mol. The van der Waals surface area contributed by atoms with Crippen LogP contribution < -0.4 is 5.32 Å². The summed E-state index contributed by atoms with van der Waals surface area (Å²) >= 11 is 2.58. The number of anilines is 1. The van der Waals surface area contributed by atoms with Gasteiger partial charge in [0.05, 0.1) is 18.1 Å². The Morgan fingerprint density at radius 1 is 1.32 bits per heavy atom. The molecule has 1 heterocycles. The number of hydrogen-bond donors (Lipinski definition) is 1. The van der Waals surface area contributed by atoms with E-state index >= 15 is 0 Å². The van der Waals surface area contributed by atoms with Crippen LogP contribution in [0.3, 0.4) is 0 Å². The maximum Gasteiger partial charge on any atom is 0.350 e. The Hall–Kier alpha value is -1.86. The van der Waals surface area contributed by atoms with Crippen LogP contribution in [-0.4, -0.2) is 29.2 Å². The van der Waals surface area contributed by atoms with Crippen molar-refractivity contribution in [3.8, 4) is 0 Å². The molecule has 1 aromatic heterocycles. The van der Waals surface area contributed by atoms with Crippen molar-refractivity contribution in [1.29, 1.82) is 0 Å². The molecule has 0 saturated carbocycles. The van der Waals surface area contributed by atoms with Gasteiger partial charge in [-0.05, 0) is 26.0 Å². The number of nitrogens with zero attached hydrogens (tertiary/aromatic N) is 1. The van der Waals surface area contributed by atoms with Gasteiger partial charge in [-0.3, -0.25) is 4.79 Å². The second kappa shape index (κ2) is 7.95. The number of aromatic nitrogens is 1. The molecule has 0 fully saturated rings. The fourth-order valence-corrected chi connectivity index (χ4v) is 3.25. The van der Waals surface area contributed by atoms with Gasteiger partial charge in [0, 0.05) is 4.90 Å². The lowest BCUT2D eigenvalue weighted by Gasteiger charge is -2.01. The van der Waals surface area contributed by atoms with Crippen LogP contribution in [0.1, 0.15) is 22.3 Å². The first-order valence-corrected chi connectivity index (χ1v) is 8.52. The summed E-state index contributed by atoms with van der Waals surface area (Å²) in [5.41, 5.74) is 0.564. The van der Waals surface area contributed by atoms with E-state index in [4.69, 9.17) is 4.74 Å². The van der Waals surface area contributed by atoms with Gasteiger partial charge in [-0.15, -0.1) is 11.8 Å². The summed E-state index contributed by atoms with van der Waals surface area (Å²) in [6, 6.07) is 9.68. The third-order valence-electron chi connectivity index (χ3n) is 2.62. The quantitative estimate of drug-likeness (QED) is 0.647. The summed E-state index contributed by atoms with van der Waals surface area (Å²) in [7, 11) is 0. The van der Waals surface area contributed by atoms with Gasteiger partial charge >= 0.3 is 5.97 Å². The molecule has 1 amide bonds. The van der Waals surface area contributed by atoms with Gasteiger partial charge in [0.1, 0.15) is 4.88 Å². The SMILES string of the molecule is CCOC(=O)c1sc(NC(=O)CSc2ccccc2)nc1C. The summed E-state index contributed by atoms with van der Waals surface area (Å²) in [6.07, 6.45) is 0. The van der Waals surface area contributed by atoms with Crippen molar-refractivity contribution in [3.05, 3.63) is 40.9 Å². The van der Waals surface area contributed by atoms with Gasteiger partial charge < -0.3 is 10.1 Å². The largest absolute Gasteiger partial charge is 0.462 e. The van der Waals surface area contributed by atoms with Crippen LogP contribution in [-0.2, 0) is 9.53 Å². The molecule has 0 aliphatic heterocycles. The van der Waals surface area contributed by atoms with E-state index in [1.54, 1.807) is 13.8 Å². The normalized spacial score (nSPS) is 10.3. The van der Waals surface area contributed by atoms with Crippen molar-refractivity contribution in [1.82, 2.24) is 4.98 Å². The number of thiazole rings is 1. The third-order valence-corrected chi connectivity index (χ3v) is 4.68. The van der Waals surface area contributed by atoms with Crippen molar-refractivity contribution in [2.75, 3.05) is 17.7 Å². The Bertz CT molecular complexity index is 656.